The van der Waals surface area contributed by atoms with Crippen LogP contribution in [0.4, 0.5) is 5.13 Å². The summed E-state index contributed by atoms with van der Waals surface area (Å²) in [4.78, 5) is 16.5. The molecule has 0 spiro atoms. The van der Waals surface area contributed by atoms with Crippen LogP contribution in [0, 0.1) is 6.92 Å². The van der Waals surface area contributed by atoms with Crippen LogP contribution < -0.4 is 10.6 Å². The van der Waals surface area contributed by atoms with Crippen LogP contribution in [-0.4, -0.2) is 23.5 Å². The maximum absolute atomic E-state index is 11.3. The normalized spacial score (nSPS) is 15.2. The molecule has 0 aromatic carbocycles. The molecule has 1 amide bonds. The molecule has 0 saturated heterocycles. The van der Waals surface area contributed by atoms with Gasteiger partial charge in [0.05, 0.1) is 6.54 Å². The molecular weight excluding hydrogens is 198 g/mol. The molecule has 1 aromatic heterocycles. The van der Waals surface area contributed by atoms with E-state index in [1.165, 1.54) is 0 Å². The summed E-state index contributed by atoms with van der Waals surface area (Å²) in [6, 6.07) is 0.433. The fourth-order valence-corrected chi connectivity index (χ4v) is 1.76. The van der Waals surface area contributed by atoms with Crippen molar-refractivity contribution in [2.24, 2.45) is 0 Å². The van der Waals surface area contributed by atoms with Crippen molar-refractivity contribution >= 4 is 22.4 Å². The molecule has 76 valence electrons. The number of nitrogens with one attached hydrogen (secondary N) is 2. The second kappa shape index (κ2) is 3.96. The lowest BCUT2D eigenvalue weighted by molar-refractivity contribution is -0.119. The van der Waals surface area contributed by atoms with Crippen molar-refractivity contribution in [3.05, 3.63) is 11.1 Å². The standard InChI is InChI=1S/C9H13N3OS/c1-6-4-10-9(14-6)11-5-8(13)12-7-2-3-7/h4,7H,2-3,5H2,1H3,(H,10,11)(H,12,13). The zero-order valence-electron chi connectivity index (χ0n) is 8.04. The van der Waals surface area contributed by atoms with Crippen LogP contribution in [0.1, 0.15) is 17.7 Å². The van der Waals surface area contributed by atoms with Crippen molar-refractivity contribution in [2.75, 3.05) is 11.9 Å². The molecule has 1 aromatic rings. The number of carbonyl (C=O) groups is 1. The van der Waals surface area contributed by atoms with Crippen LogP contribution in [0.5, 0.6) is 0 Å². The zero-order valence-corrected chi connectivity index (χ0v) is 8.86. The number of aryl methyl sites for hydroxylation is 1. The Bertz CT molecular complexity index is 333. The Kier molecular flexibility index (Phi) is 2.67. The van der Waals surface area contributed by atoms with E-state index in [4.69, 9.17) is 0 Å². The van der Waals surface area contributed by atoms with Gasteiger partial charge in [0.1, 0.15) is 0 Å². The van der Waals surface area contributed by atoms with Crippen molar-refractivity contribution in [3.63, 3.8) is 0 Å². The molecule has 5 heteroatoms. The molecule has 0 radical (unpaired) electrons. The maximum atomic E-state index is 11.3. The average Bonchev–Trinajstić information content (AvgIpc) is 2.85. The molecule has 0 atom stereocenters. The summed E-state index contributed by atoms with van der Waals surface area (Å²) in [6.07, 6.45) is 4.05. The number of hydrogen-bond donors (Lipinski definition) is 2. The van der Waals surface area contributed by atoms with Crippen molar-refractivity contribution in [1.82, 2.24) is 10.3 Å². The van der Waals surface area contributed by atoms with Crippen LogP contribution in [0.25, 0.3) is 0 Å². The number of carbonyl (C=O) groups excluding carboxylic acids is 1. The maximum Gasteiger partial charge on any atom is 0.239 e. The number of amides is 1. The second-order valence-electron chi connectivity index (χ2n) is 3.47. The van der Waals surface area contributed by atoms with Crippen LogP contribution >= 0.6 is 11.3 Å². The monoisotopic (exact) mass is 211 g/mol. The molecular formula is C9H13N3OS. The summed E-state index contributed by atoms with van der Waals surface area (Å²) >= 11 is 1.56. The Morgan fingerprint density at radius 3 is 3.07 bits per heavy atom. The predicted molar refractivity (Wildman–Crippen MR) is 56.5 cm³/mol. The predicted octanol–water partition coefficient (Wildman–Crippen LogP) is 1.14. The van der Waals surface area contributed by atoms with E-state index in [9.17, 15) is 4.79 Å². The molecule has 1 aliphatic carbocycles. The first-order valence-corrected chi connectivity index (χ1v) is 5.51. The zero-order chi connectivity index (χ0) is 9.97. The van der Waals surface area contributed by atoms with Crippen LogP contribution in [0.3, 0.4) is 0 Å². The molecule has 1 fully saturated rings. The fourth-order valence-electron chi connectivity index (χ4n) is 1.10. The first-order valence-electron chi connectivity index (χ1n) is 4.70. The van der Waals surface area contributed by atoms with Gasteiger partial charge in [-0.15, -0.1) is 11.3 Å². The van der Waals surface area contributed by atoms with Gasteiger partial charge in [-0.05, 0) is 19.8 Å². The molecule has 2 rings (SSSR count). The number of aromatic nitrogens is 1. The highest BCUT2D eigenvalue weighted by atomic mass is 32.1. The van der Waals surface area contributed by atoms with E-state index in [0.717, 1.165) is 22.9 Å². The quantitative estimate of drug-likeness (QED) is 0.785. The summed E-state index contributed by atoms with van der Waals surface area (Å²) < 4.78 is 0. The van der Waals surface area contributed by atoms with E-state index in [1.54, 1.807) is 17.5 Å². The first-order chi connectivity index (χ1) is 6.74. The minimum absolute atomic E-state index is 0.0559. The van der Waals surface area contributed by atoms with Gasteiger partial charge in [-0.1, -0.05) is 0 Å². The highest BCUT2D eigenvalue weighted by molar-refractivity contribution is 7.15. The van der Waals surface area contributed by atoms with Crippen molar-refractivity contribution in [1.29, 1.82) is 0 Å². The van der Waals surface area contributed by atoms with Gasteiger partial charge in [0.2, 0.25) is 5.91 Å². The van der Waals surface area contributed by atoms with Crippen molar-refractivity contribution < 1.29 is 4.79 Å². The largest absolute Gasteiger partial charge is 0.352 e. The molecule has 0 unspecified atom stereocenters. The number of rotatable bonds is 4. The van der Waals surface area contributed by atoms with E-state index < -0.39 is 0 Å². The molecule has 1 aliphatic rings. The minimum Gasteiger partial charge on any atom is -0.352 e. The third kappa shape index (κ3) is 2.70. The Morgan fingerprint density at radius 1 is 1.71 bits per heavy atom. The van der Waals surface area contributed by atoms with Crippen LogP contribution in [0.15, 0.2) is 6.20 Å². The molecule has 0 aliphatic heterocycles. The summed E-state index contributed by atoms with van der Waals surface area (Å²) in [6.45, 7) is 2.32. The summed E-state index contributed by atoms with van der Waals surface area (Å²) in [5.41, 5.74) is 0. The van der Waals surface area contributed by atoms with Crippen molar-refractivity contribution in [2.45, 2.75) is 25.8 Å². The SMILES string of the molecule is Cc1cnc(NCC(=O)NC2CC2)s1. The summed E-state index contributed by atoms with van der Waals surface area (Å²) in [5.74, 6) is 0.0559. The molecule has 14 heavy (non-hydrogen) atoms. The Balaban J connectivity index is 1.73. The summed E-state index contributed by atoms with van der Waals surface area (Å²) in [5, 5.41) is 6.71. The number of hydrogen-bond acceptors (Lipinski definition) is 4. The van der Waals surface area contributed by atoms with E-state index in [-0.39, 0.29) is 5.91 Å². The number of thiazole rings is 1. The lowest BCUT2D eigenvalue weighted by Gasteiger charge is -2.03. The molecule has 4 nitrogen and oxygen atoms in total. The topological polar surface area (TPSA) is 54.0 Å². The summed E-state index contributed by atoms with van der Waals surface area (Å²) in [7, 11) is 0. The number of nitrogens with zero attached hydrogens (tertiary/aromatic N) is 1. The van der Waals surface area contributed by atoms with E-state index >= 15 is 0 Å². The van der Waals surface area contributed by atoms with Gasteiger partial charge >= 0.3 is 0 Å². The van der Waals surface area contributed by atoms with Crippen LogP contribution in [0.2, 0.25) is 0 Å². The lowest BCUT2D eigenvalue weighted by Crippen LogP contribution is -2.31. The molecule has 0 bridgehead atoms. The third-order valence-electron chi connectivity index (χ3n) is 1.96. The lowest BCUT2D eigenvalue weighted by atomic mass is 10.5. The molecule has 2 N–H and O–H groups in total. The first kappa shape index (κ1) is 9.45. The van der Waals surface area contributed by atoms with Gasteiger partial charge in [0.15, 0.2) is 5.13 Å². The highest BCUT2D eigenvalue weighted by Crippen LogP contribution is 2.18. The Hall–Kier alpha value is -1.10. The van der Waals surface area contributed by atoms with E-state index in [0.29, 0.717) is 12.6 Å². The third-order valence-corrected chi connectivity index (χ3v) is 2.83. The van der Waals surface area contributed by atoms with Gasteiger partial charge in [-0.2, -0.15) is 0 Å². The number of anilines is 1. The fraction of sp³-hybridized carbons (Fsp3) is 0.556. The molecule has 1 saturated carbocycles. The minimum atomic E-state index is 0.0559. The average molecular weight is 211 g/mol. The smallest absolute Gasteiger partial charge is 0.239 e. The van der Waals surface area contributed by atoms with E-state index in [1.807, 2.05) is 6.92 Å². The van der Waals surface area contributed by atoms with Gasteiger partial charge in [0.25, 0.3) is 0 Å². The van der Waals surface area contributed by atoms with Crippen molar-refractivity contribution in [3.8, 4) is 0 Å². The Labute approximate surface area is 86.7 Å². The van der Waals surface area contributed by atoms with E-state index in [2.05, 4.69) is 15.6 Å². The van der Waals surface area contributed by atoms with Gasteiger partial charge in [0, 0.05) is 17.1 Å². The van der Waals surface area contributed by atoms with Gasteiger partial charge in [-0.3, -0.25) is 4.79 Å². The van der Waals surface area contributed by atoms with Crippen LogP contribution in [-0.2, 0) is 4.79 Å². The van der Waals surface area contributed by atoms with Gasteiger partial charge in [-0.25, -0.2) is 4.98 Å². The highest BCUT2D eigenvalue weighted by Gasteiger charge is 2.22. The molecule has 1 heterocycles. The second-order valence-corrected chi connectivity index (χ2v) is 4.71. The van der Waals surface area contributed by atoms with Gasteiger partial charge < -0.3 is 10.6 Å². The Morgan fingerprint density at radius 2 is 2.50 bits per heavy atom.